The van der Waals surface area contributed by atoms with E-state index in [1.54, 1.807) is 38.4 Å². The van der Waals surface area contributed by atoms with Gasteiger partial charge < -0.3 is 21.3 Å². The van der Waals surface area contributed by atoms with Crippen LogP contribution in [0.15, 0.2) is 47.4 Å². The zero-order valence-electron chi connectivity index (χ0n) is 24.9. The Morgan fingerprint density at radius 2 is 1.59 bits per heavy atom. The fourth-order valence-corrected chi connectivity index (χ4v) is 6.96. The number of amides is 3. The number of sulfonamides is 1. The molecule has 6 N–H and O–H groups in total. The summed E-state index contributed by atoms with van der Waals surface area (Å²) in [5.41, 5.74) is 6.79. The number of amidine groups is 1. The summed E-state index contributed by atoms with van der Waals surface area (Å²) < 4.78 is 27.7. The molecule has 44 heavy (non-hydrogen) atoms. The standard InChI is InChI=1S/C30H40Cl2N6O5S/c1-38(2)30(41)25(15-19-9-11-21(12-10-19)27(33)34)28(39)37-26(20-7-4-3-5-8-20)29(40)35-13-6-14-36-44(42,43)24-17-22(31)16-23(32)18-24/h9-12,16-18,20,25-26,36H,3-8,13-15H2,1-2H3,(H3,33,34)(H,35,40)(H,37,39)/t25?,26-/m0/s1. The van der Waals surface area contributed by atoms with Crippen molar-refractivity contribution in [2.75, 3.05) is 27.2 Å². The highest BCUT2D eigenvalue weighted by Gasteiger charge is 2.35. The van der Waals surface area contributed by atoms with Gasteiger partial charge in [-0.2, -0.15) is 0 Å². The minimum absolute atomic E-state index is 0.0506. The second kappa shape index (κ2) is 16.2. The lowest BCUT2D eigenvalue weighted by atomic mass is 9.83. The zero-order valence-corrected chi connectivity index (χ0v) is 27.2. The lowest BCUT2D eigenvalue weighted by Gasteiger charge is -2.31. The molecule has 240 valence electrons. The fourth-order valence-electron chi connectivity index (χ4n) is 5.16. The van der Waals surface area contributed by atoms with Gasteiger partial charge in [0.05, 0.1) is 4.90 Å². The molecule has 1 unspecified atom stereocenters. The third-order valence-corrected chi connectivity index (χ3v) is 9.43. The first-order valence-electron chi connectivity index (χ1n) is 14.5. The Hall–Kier alpha value is -3.19. The van der Waals surface area contributed by atoms with Crippen molar-refractivity contribution in [3.05, 3.63) is 63.6 Å². The number of carbonyl (C=O) groups is 3. The molecular weight excluding hydrogens is 627 g/mol. The molecule has 2 aromatic carbocycles. The molecular formula is C30H40Cl2N6O5S. The van der Waals surface area contributed by atoms with Gasteiger partial charge in [0.15, 0.2) is 0 Å². The fraction of sp³-hybridized carbons (Fsp3) is 0.467. The molecule has 1 aliphatic carbocycles. The highest BCUT2D eigenvalue weighted by atomic mass is 35.5. The maximum atomic E-state index is 13.6. The summed E-state index contributed by atoms with van der Waals surface area (Å²) in [4.78, 5) is 41.4. The minimum atomic E-state index is -3.85. The number of nitrogen functional groups attached to an aromatic ring is 1. The molecule has 0 saturated heterocycles. The molecule has 1 aliphatic rings. The van der Waals surface area contributed by atoms with E-state index < -0.39 is 33.8 Å². The van der Waals surface area contributed by atoms with E-state index in [-0.39, 0.29) is 52.1 Å². The van der Waals surface area contributed by atoms with Gasteiger partial charge in [0, 0.05) is 42.8 Å². The van der Waals surface area contributed by atoms with Gasteiger partial charge in [-0.1, -0.05) is 66.7 Å². The predicted molar refractivity (Wildman–Crippen MR) is 171 cm³/mol. The van der Waals surface area contributed by atoms with Crippen molar-refractivity contribution >= 4 is 56.8 Å². The normalized spacial score (nSPS) is 15.2. The molecule has 2 atom stereocenters. The molecule has 0 aliphatic heterocycles. The summed E-state index contributed by atoms with van der Waals surface area (Å²) >= 11 is 11.9. The van der Waals surface area contributed by atoms with Crippen LogP contribution in [0.2, 0.25) is 10.0 Å². The van der Waals surface area contributed by atoms with E-state index in [0.29, 0.717) is 17.5 Å². The van der Waals surface area contributed by atoms with Crippen molar-refractivity contribution in [1.29, 1.82) is 5.41 Å². The zero-order chi connectivity index (χ0) is 32.4. The highest BCUT2D eigenvalue weighted by Crippen LogP contribution is 2.27. The molecule has 11 nitrogen and oxygen atoms in total. The van der Waals surface area contributed by atoms with Crippen LogP contribution in [0.5, 0.6) is 0 Å². The van der Waals surface area contributed by atoms with Crippen molar-refractivity contribution in [3.8, 4) is 0 Å². The molecule has 3 amide bonds. The topological polar surface area (TPSA) is 175 Å². The molecule has 0 bridgehead atoms. The summed E-state index contributed by atoms with van der Waals surface area (Å²) in [6.45, 7) is 0.217. The van der Waals surface area contributed by atoms with Crippen LogP contribution in [0.1, 0.15) is 49.7 Å². The molecule has 2 aromatic rings. The highest BCUT2D eigenvalue weighted by molar-refractivity contribution is 7.89. The Labute approximate surface area is 268 Å². The largest absolute Gasteiger partial charge is 0.384 e. The summed E-state index contributed by atoms with van der Waals surface area (Å²) in [7, 11) is -0.711. The van der Waals surface area contributed by atoms with E-state index in [1.165, 1.54) is 23.1 Å². The minimum Gasteiger partial charge on any atom is -0.384 e. The number of hydrogen-bond donors (Lipinski definition) is 5. The number of nitrogens with one attached hydrogen (secondary N) is 4. The molecule has 0 spiro atoms. The second-order valence-corrected chi connectivity index (χ2v) is 13.8. The Balaban J connectivity index is 1.65. The van der Waals surface area contributed by atoms with Gasteiger partial charge in [-0.3, -0.25) is 19.8 Å². The van der Waals surface area contributed by atoms with Gasteiger partial charge in [0.2, 0.25) is 27.7 Å². The van der Waals surface area contributed by atoms with Gasteiger partial charge in [-0.25, -0.2) is 13.1 Å². The van der Waals surface area contributed by atoms with Crippen LogP contribution >= 0.6 is 23.2 Å². The van der Waals surface area contributed by atoms with E-state index in [4.69, 9.17) is 34.3 Å². The number of rotatable bonds is 14. The first kappa shape index (κ1) is 35.3. The van der Waals surface area contributed by atoms with E-state index in [1.807, 2.05) is 0 Å². The quantitative estimate of drug-likeness (QED) is 0.0896. The number of hydrogen-bond acceptors (Lipinski definition) is 6. The first-order chi connectivity index (χ1) is 20.8. The molecule has 0 heterocycles. The number of nitrogens with two attached hydrogens (primary N) is 1. The van der Waals surface area contributed by atoms with Crippen molar-refractivity contribution in [3.63, 3.8) is 0 Å². The molecule has 1 fully saturated rings. The van der Waals surface area contributed by atoms with Gasteiger partial charge in [-0.05, 0) is 55.4 Å². The van der Waals surface area contributed by atoms with Gasteiger partial charge in [0.1, 0.15) is 17.8 Å². The summed E-state index contributed by atoms with van der Waals surface area (Å²) in [5, 5.41) is 13.7. The monoisotopic (exact) mass is 666 g/mol. The van der Waals surface area contributed by atoms with Crippen molar-refractivity contribution < 1.29 is 22.8 Å². The Morgan fingerprint density at radius 3 is 2.16 bits per heavy atom. The molecule has 14 heteroatoms. The van der Waals surface area contributed by atoms with Crippen molar-refractivity contribution in [1.82, 2.24) is 20.3 Å². The van der Waals surface area contributed by atoms with Gasteiger partial charge in [-0.15, -0.1) is 0 Å². The van der Waals surface area contributed by atoms with Crippen LogP contribution in [-0.4, -0.2) is 70.1 Å². The lowest BCUT2D eigenvalue weighted by molar-refractivity contribution is -0.142. The van der Waals surface area contributed by atoms with Gasteiger partial charge >= 0.3 is 0 Å². The Kier molecular flexibility index (Phi) is 13.0. The van der Waals surface area contributed by atoms with Crippen LogP contribution in [0.25, 0.3) is 0 Å². The third-order valence-electron chi connectivity index (χ3n) is 7.55. The van der Waals surface area contributed by atoms with E-state index >= 15 is 0 Å². The predicted octanol–water partition coefficient (Wildman–Crippen LogP) is 3.07. The number of benzene rings is 2. The average Bonchev–Trinajstić information content (AvgIpc) is 2.98. The number of carbonyl (C=O) groups excluding carboxylic acids is 3. The third kappa shape index (κ3) is 10.2. The Morgan fingerprint density at radius 1 is 0.977 bits per heavy atom. The van der Waals surface area contributed by atoms with E-state index in [2.05, 4.69) is 15.4 Å². The average molecular weight is 668 g/mol. The van der Waals surface area contributed by atoms with Crippen LogP contribution in [0.3, 0.4) is 0 Å². The van der Waals surface area contributed by atoms with E-state index in [0.717, 1.165) is 32.1 Å². The first-order valence-corrected chi connectivity index (χ1v) is 16.7. The molecule has 0 radical (unpaired) electrons. The smallest absolute Gasteiger partial charge is 0.242 e. The van der Waals surface area contributed by atoms with Gasteiger partial charge in [0.25, 0.3) is 0 Å². The SMILES string of the molecule is CN(C)C(=O)C(Cc1ccc(C(=N)N)cc1)C(=O)N[C@H](C(=O)NCCCNS(=O)(=O)c1cc(Cl)cc(Cl)c1)C1CCCCC1. The van der Waals surface area contributed by atoms with Crippen molar-refractivity contribution in [2.24, 2.45) is 17.6 Å². The van der Waals surface area contributed by atoms with Crippen LogP contribution in [0.4, 0.5) is 0 Å². The van der Waals surface area contributed by atoms with Crippen molar-refractivity contribution in [2.45, 2.75) is 55.9 Å². The summed E-state index contributed by atoms with van der Waals surface area (Å²) in [6, 6.07) is 9.95. The molecule has 1 saturated carbocycles. The number of halogens is 2. The number of nitrogens with zero attached hydrogens (tertiary/aromatic N) is 1. The summed E-state index contributed by atoms with van der Waals surface area (Å²) in [5.74, 6) is -2.56. The summed E-state index contributed by atoms with van der Waals surface area (Å²) in [6.07, 6.45) is 4.85. The van der Waals surface area contributed by atoms with Crippen LogP contribution in [0, 0.1) is 17.2 Å². The maximum Gasteiger partial charge on any atom is 0.242 e. The Bertz CT molecular complexity index is 1430. The lowest BCUT2D eigenvalue weighted by Crippen LogP contribution is -2.54. The van der Waals surface area contributed by atoms with Crippen LogP contribution < -0.4 is 21.1 Å². The maximum absolute atomic E-state index is 13.6. The van der Waals surface area contributed by atoms with E-state index in [9.17, 15) is 22.8 Å². The second-order valence-electron chi connectivity index (χ2n) is 11.1. The van der Waals surface area contributed by atoms with Crippen LogP contribution in [-0.2, 0) is 30.8 Å². The molecule has 0 aromatic heterocycles. The molecule has 3 rings (SSSR count).